The van der Waals surface area contributed by atoms with E-state index in [-0.39, 0.29) is 24.2 Å². The van der Waals surface area contributed by atoms with Crippen LogP contribution in [0.15, 0.2) is 12.1 Å². The van der Waals surface area contributed by atoms with Crippen LogP contribution in [-0.2, 0) is 6.42 Å². The summed E-state index contributed by atoms with van der Waals surface area (Å²) in [6.07, 6.45) is 0.963. The zero-order chi connectivity index (χ0) is 18.6. The Bertz CT molecular complexity index is 604. The first-order valence-electron chi connectivity index (χ1n) is 8.97. The van der Waals surface area contributed by atoms with Crippen LogP contribution in [0.25, 0.3) is 0 Å². The van der Waals surface area contributed by atoms with Gasteiger partial charge in [0.15, 0.2) is 11.5 Å². The topological polar surface area (TPSA) is 62.8 Å². The van der Waals surface area contributed by atoms with Gasteiger partial charge in [0.1, 0.15) is 0 Å². The molecule has 0 saturated heterocycles. The third-order valence-corrected chi connectivity index (χ3v) is 4.68. The molecule has 2 rings (SSSR count). The van der Waals surface area contributed by atoms with E-state index < -0.39 is 0 Å². The van der Waals surface area contributed by atoms with E-state index in [1.807, 2.05) is 13.8 Å². The van der Waals surface area contributed by atoms with E-state index in [0.717, 1.165) is 31.0 Å². The van der Waals surface area contributed by atoms with E-state index >= 15 is 0 Å². The minimum Gasteiger partial charge on any atom is -0.493 e. The summed E-state index contributed by atoms with van der Waals surface area (Å²) < 4.78 is 10.9. The Labute approximate surface area is 150 Å². The molecule has 0 radical (unpaired) electrons. The minimum atomic E-state index is -0.133. The summed E-state index contributed by atoms with van der Waals surface area (Å²) in [6.45, 7) is 10.0. The first kappa shape index (κ1) is 19.4. The number of fused-ring (bicyclic) bond motifs is 1. The highest BCUT2D eigenvalue weighted by atomic mass is 16.5. The molecule has 1 aromatic rings. The number of rotatable bonds is 6. The number of nitrogens with zero attached hydrogens (tertiary/aromatic N) is 1. The second-order valence-electron chi connectivity index (χ2n) is 6.79. The lowest BCUT2D eigenvalue weighted by atomic mass is 9.88. The summed E-state index contributed by atoms with van der Waals surface area (Å²) >= 11 is 0. The number of amides is 2. The standard InChI is InChI=1S/C19H31N3O3/c1-7-22-9-8-14-10-16(24-5)17(25-6)11-15(14)18(22)13(4)21-19(23)20-12(2)3/h10-13,18H,7-9H2,1-6H3,(H2,20,21,23). The summed E-state index contributed by atoms with van der Waals surface area (Å²) in [5, 5.41) is 5.99. The van der Waals surface area contributed by atoms with Crippen LogP contribution in [0.5, 0.6) is 11.5 Å². The summed E-state index contributed by atoms with van der Waals surface area (Å²) in [5.74, 6) is 1.48. The van der Waals surface area contributed by atoms with E-state index in [0.29, 0.717) is 0 Å². The average molecular weight is 349 g/mol. The van der Waals surface area contributed by atoms with Gasteiger partial charge in [-0.2, -0.15) is 0 Å². The van der Waals surface area contributed by atoms with Gasteiger partial charge >= 0.3 is 6.03 Å². The van der Waals surface area contributed by atoms with Crippen LogP contribution in [-0.4, -0.2) is 50.3 Å². The van der Waals surface area contributed by atoms with Gasteiger partial charge in [-0.25, -0.2) is 4.79 Å². The second kappa shape index (κ2) is 8.43. The van der Waals surface area contributed by atoms with Crippen molar-refractivity contribution in [3.8, 4) is 11.5 Å². The highest BCUT2D eigenvalue weighted by molar-refractivity contribution is 5.74. The maximum atomic E-state index is 12.2. The van der Waals surface area contributed by atoms with Crippen LogP contribution in [0.3, 0.4) is 0 Å². The number of carbonyl (C=O) groups is 1. The van der Waals surface area contributed by atoms with Gasteiger partial charge in [0.05, 0.1) is 20.3 Å². The largest absolute Gasteiger partial charge is 0.493 e. The van der Waals surface area contributed by atoms with Crippen LogP contribution < -0.4 is 20.1 Å². The van der Waals surface area contributed by atoms with Crippen molar-refractivity contribution in [2.75, 3.05) is 27.3 Å². The number of benzene rings is 1. The third kappa shape index (κ3) is 4.37. The van der Waals surface area contributed by atoms with E-state index in [1.165, 1.54) is 11.1 Å². The van der Waals surface area contributed by atoms with Crippen molar-refractivity contribution in [1.82, 2.24) is 15.5 Å². The van der Waals surface area contributed by atoms with Crippen LogP contribution in [0.2, 0.25) is 0 Å². The van der Waals surface area contributed by atoms with Crippen LogP contribution in [0.4, 0.5) is 4.79 Å². The molecule has 6 heteroatoms. The third-order valence-electron chi connectivity index (χ3n) is 4.68. The quantitative estimate of drug-likeness (QED) is 0.829. The molecule has 0 aromatic heterocycles. The first-order chi connectivity index (χ1) is 11.9. The molecular weight excluding hydrogens is 318 g/mol. The number of urea groups is 1. The first-order valence-corrected chi connectivity index (χ1v) is 8.97. The summed E-state index contributed by atoms with van der Waals surface area (Å²) in [5.41, 5.74) is 2.45. The highest BCUT2D eigenvalue weighted by Gasteiger charge is 2.32. The number of ether oxygens (including phenoxy) is 2. The number of methoxy groups -OCH3 is 2. The Balaban J connectivity index is 2.33. The van der Waals surface area contributed by atoms with Crippen molar-refractivity contribution >= 4 is 6.03 Å². The fourth-order valence-corrected chi connectivity index (χ4v) is 3.56. The molecule has 25 heavy (non-hydrogen) atoms. The van der Waals surface area contributed by atoms with E-state index in [9.17, 15) is 4.79 Å². The Morgan fingerprint density at radius 2 is 1.84 bits per heavy atom. The summed E-state index contributed by atoms with van der Waals surface area (Å²) in [4.78, 5) is 14.5. The van der Waals surface area contributed by atoms with Gasteiger partial charge in [0, 0.05) is 18.6 Å². The summed E-state index contributed by atoms with van der Waals surface area (Å²) in [7, 11) is 3.31. The van der Waals surface area contributed by atoms with Crippen molar-refractivity contribution in [2.45, 2.75) is 52.2 Å². The molecule has 1 aliphatic rings. The van der Waals surface area contributed by atoms with Crippen LogP contribution in [0, 0.1) is 0 Å². The van der Waals surface area contributed by atoms with E-state index in [4.69, 9.17) is 9.47 Å². The SMILES string of the molecule is CCN1CCc2cc(OC)c(OC)cc2C1C(C)NC(=O)NC(C)C. The van der Waals surface area contributed by atoms with Gasteiger partial charge in [-0.1, -0.05) is 6.92 Å². The maximum absolute atomic E-state index is 12.2. The van der Waals surface area contributed by atoms with Gasteiger partial charge in [-0.3, -0.25) is 4.90 Å². The fourth-order valence-electron chi connectivity index (χ4n) is 3.56. The summed E-state index contributed by atoms with van der Waals surface area (Å²) in [6, 6.07) is 4.17. The predicted octanol–water partition coefficient (Wildman–Crippen LogP) is 2.72. The molecule has 6 nitrogen and oxygen atoms in total. The Kier molecular flexibility index (Phi) is 6.53. The number of carbonyl (C=O) groups excluding carboxylic acids is 1. The zero-order valence-electron chi connectivity index (χ0n) is 16.2. The molecule has 2 N–H and O–H groups in total. The molecule has 0 aliphatic carbocycles. The monoisotopic (exact) mass is 349 g/mol. The molecular formula is C19H31N3O3. The molecule has 1 aliphatic heterocycles. The minimum absolute atomic E-state index is 0.0316. The van der Waals surface area contributed by atoms with Gasteiger partial charge in [-0.05, 0) is 57.0 Å². The van der Waals surface area contributed by atoms with Crippen molar-refractivity contribution in [1.29, 1.82) is 0 Å². The smallest absolute Gasteiger partial charge is 0.315 e. The molecule has 2 unspecified atom stereocenters. The van der Waals surface area contributed by atoms with Gasteiger partial charge in [-0.15, -0.1) is 0 Å². The van der Waals surface area contributed by atoms with Gasteiger partial charge in [0.25, 0.3) is 0 Å². The van der Waals surface area contributed by atoms with E-state index in [2.05, 4.69) is 41.5 Å². The molecule has 0 bridgehead atoms. The number of likely N-dealkylation sites (N-methyl/N-ethyl adjacent to an activating group) is 1. The Hall–Kier alpha value is -1.95. The molecule has 1 heterocycles. The second-order valence-corrected chi connectivity index (χ2v) is 6.79. The zero-order valence-corrected chi connectivity index (χ0v) is 16.2. The van der Waals surface area contributed by atoms with Gasteiger partial charge < -0.3 is 20.1 Å². The molecule has 140 valence electrons. The molecule has 0 spiro atoms. The van der Waals surface area contributed by atoms with Crippen molar-refractivity contribution in [2.24, 2.45) is 0 Å². The Morgan fingerprint density at radius 3 is 2.40 bits per heavy atom. The van der Waals surface area contributed by atoms with Crippen molar-refractivity contribution in [3.63, 3.8) is 0 Å². The normalized spacial score (nSPS) is 18.4. The molecule has 0 fully saturated rings. The molecule has 1 aromatic carbocycles. The number of hydrogen-bond donors (Lipinski definition) is 2. The Morgan fingerprint density at radius 1 is 1.20 bits per heavy atom. The van der Waals surface area contributed by atoms with Crippen molar-refractivity contribution in [3.05, 3.63) is 23.3 Å². The van der Waals surface area contributed by atoms with Gasteiger partial charge in [0.2, 0.25) is 0 Å². The molecule has 2 amide bonds. The van der Waals surface area contributed by atoms with Crippen LogP contribution in [0.1, 0.15) is 44.9 Å². The van der Waals surface area contributed by atoms with Crippen molar-refractivity contribution < 1.29 is 14.3 Å². The molecule has 0 saturated carbocycles. The van der Waals surface area contributed by atoms with E-state index in [1.54, 1.807) is 14.2 Å². The highest BCUT2D eigenvalue weighted by Crippen LogP contribution is 2.39. The molecule has 2 atom stereocenters. The maximum Gasteiger partial charge on any atom is 0.315 e. The predicted molar refractivity (Wildman–Crippen MR) is 99.5 cm³/mol. The number of nitrogens with one attached hydrogen (secondary N) is 2. The lowest BCUT2D eigenvalue weighted by Gasteiger charge is -2.40. The number of hydrogen-bond acceptors (Lipinski definition) is 4. The fraction of sp³-hybridized carbons (Fsp3) is 0.632. The van der Waals surface area contributed by atoms with Crippen LogP contribution >= 0.6 is 0 Å². The lowest BCUT2D eigenvalue weighted by Crippen LogP contribution is -2.51. The average Bonchev–Trinajstić information content (AvgIpc) is 2.58. The lowest BCUT2D eigenvalue weighted by molar-refractivity contribution is 0.158.